The Hall–Kier alpha value is -2.69. The van der Waals surface area contributed by atoms with Crippen LogP contribution in [0.15, 0.2) is 52.2 Å². The average molecular weight is 292 g/mol. The first kappa shape index (κ1) is 13.0. The lowest BCUT2D eigenvalue weighted by Crippen LogP contribution is -2.27. The molecule has 0 saturated heterocycles. The summed E-state index contributed by atoms with van der Waals surface area (Å²) in [5.41, 5.74) is 7.74. The van der Waals surface area contributed by atoms with Crippen molar-refractivity contribution in [2.75, 3.05) is 6.54 Å². The van der Waals surface area contributed by atoms with Crippen LogP contribution in [0.25, 0.3) is 22.6 Å². The molecule has 1 aromatic carbocycles. The molecule has 3 aromatic rings. The fourth-order valence-corrected chi connectivity index (χ4v) is 2.71. The Morgan fingerprint density at radius 3 is 3.00 bits per heavy atom. The summed E-state index contributed by atoms with van der Waals surface area (Å²) in [7, 11) is 0. The molecule has 0 bridgehead atoms. The third-order valence-corrected chi connectivity index (χ3v) is 3.95. The molecule has 0 spiro atoms. The van der Waals surface area contributed by atoms with Gasteiger partial charge in [-0.25, -0.2) is 4.98 Å². The van der Waals surface area contributed by atoms with E-state index in [2.05, 4.69) is 33.5 Å². The molecule has 0 amide bonds. The maximum absolute atomic E-state index is 5.89. The van der Waals surface area contributed by atoms with Gasteiger partial charge in [-0.1, -0.05) is 13.0 Å². The van der Waals surface area contributed by atoms with Crippen molar-refractivity contribution in [1.82, 2.24) is 15.4 Å². The zero-order valence-electron chi connectivity index (χ0n) is 12.3. The van der Waals surface area contributed by atoms with Crippen LogP contribution in [0.1, 0.15) is 18.9 Å². The third-order valence-electron chi connectivity index (χ3n) is 3.95. The lowest BCUT2D eigenvalue weighted by molar-refractivity contribution is 0.571. The van der Waals surface area contributed by atoms with Crippen LogP contribution in [-0.2, 0) is 0 Å². The van der Waals surface area contributed by atoms with Gasteiger partial charge in [0.2, 0.25) is 5.89 Å². The number of hydrogen-bond donors (Lipinski definition) is 1. The first-order valence-electron chi connectivity index (χ1n) is 7.43. The summed E-state index contributed by atoms with van der Waals surface area (Å²) in [6.45, 7) is 3.13. The van der Waals surface area contributed by atoms with E-state index in [9.17, 15) is 0 Å². The van der Waals surface area contributed by atoms with Gasteiger partial charge in [0.05, 0.1) is 11.3 Å². The van der Waals surface area contributed by atoms with Gasteiger partial charge >= 0.3 is 0 Å². The Morgan fingerprint density at radius 2 is 2.18 bits per heavy atom. The summed E-state index contributed by atoms with van der Waals surface area (Å²) in [5.74, 6) is 1.04. The van der Waals surface area contributed by atoms with E-state index in [0.717, 1.165) is 40.9 Å². The number of rotatable bonds is 2. The second kappa shape index (κ2) is 5.26. The predicted octanol–water partition coefficient (Wildman–Crippen LogP) is 3.22. The zero-order chi connectivity index (χ0) is 14.9. The highest BCUT2D eigenvalue weighted by Gasteiger charge is 2.18. The molecule has 1 unspecified atom stereocenters. The van der Waals surface area contributed by atoms with Gasteiger partial charge < -0.3 is 9.84 Å². The van der Waals surface area contributed by atoms with Crippen molar-refractivity contribution in [2.24, 2.45) is 11.0 Å². The molecule has 0 aliphatic carbocycles. The van der Waals surface area contributed by atoms with Crippen molar-refractivity contribution < 1.29 is 4.42 Å². The summed E-state index contributed by atoms with van der Waals surface area (Å²) in [5, 5.41) is 4.45. The zero-order valence-corrected chi connectivity index (χ0v) is 12.3. The minimum atomic E-state index is 0.444. The molecule has 1 N–H and O–H groups in total. The first-order valence-corrected chi connectivity index (χ1v) is 7.43. The molecule has 0 saturated carbocycles. The van der Waals surface area contributed by atoms with Crippen molar-refractivity contribution in [3.05, 3.63) is 48.3 Å². The summed E-state index contributed by atoms with van der Waals surface area (Å²) >= 11 is 0. The van der Waals surface area contributed by atoms with Crippen molar-refractivity contribution in [3.63, 3.8) is 0 Å². The van der Waals surface area contributed by atoms with Crippen LogP contribution in [0.2, 0.25) is 0 Å². The highest BCUT2D eigenvalue weighted by molar-refractivity contribution is 6.04. The largest absolute Gasteiger partial charge is 0.436 e. The summed E-state index contributed by atoms with van der Waals surface area (Å²) in [4.78, 5) is 8.63. The monoisotopic (exact) mass is 292 g/mol. The number of aromatic nitrogens is 2. The fourth-order valence-electron chi connectivity index (χ4n) is 2.71. The Bertz CT molecular complexity index is 838. The van der Waals surface area contributed by atoms with Gasteiger partial charge in [-0.2, -0.15) is 5.10 Å². The Kier molecular flexibility index (Phi) is 3.11. The number of pyridine rings is 1. The van der Waals surface area contributed by atoms with Gasteiger partial charge in [0.25, 0.3) is 0 Å². The van der Waals surface area contributed by atoms with Crippen LogP contribution in [0.4, 0.5) is 0 Å². The van der Waals surface area contributed by atoms with E-state index in [1.165, 1.54) is 0 Å². The third kappa shape index (κ3) is 2.24. The Labute approximate surface area is 128 Å². The Morgan fingerprint density at radius 1 is 1.23 bits per heavy atom. The predicted molar refractivity (Wildman–Crippen MR) is 85.6 cm³/mol. The highest BCUT2D eigenvalue weighted by Crippen LogP contribution is 2.26. The molecule has 0 fully saturated rings. The topological polar surface area (TPSA) is 63.3 Å². The van der Waals surface area contributed by atoms with E-state index >= 15 is 0 Å². The molecule has 1 atom stereocenters. The van der Waals surface area contributed by atoms with Crippen LogP contribution in [0, 0.1) is 5.92 Å². The highest BCUT2D eigenvalue weighted by atomic mass is 16.3. The number of nitrogens with zero attached hydrogens (tertiary/aromatic N) is 3. The SMILES string of the molecule is CC1CCNN=C1c1ccc2nc(-c3cccnc3)oc2c1. The van der Waals surface area contributed by atoms with Crippen LogP contribution >= 0.6 is 0 Å². The fraction of sp³-hybridized carbons (Fsp3) is 0.235. The lowest BCUT2D eigenvalue weighted by Gasteiger charge is -2.19. The van der Waals surface area contributed by atoms with E-state index in [0.29, 0.717) is 11.8 Å². The minimum absolute atomic E-state index is 0.444. The molecule has 4 rings (SSSR count). The van der Waals surface area contributed by atoms with Crippen molar-refractivity contribution >= 4 is 16.8 Å². The number of hydrazone groups is 1. The normalized spacial score (nSPS) is 18.0. The molecule has 3 heterocycles. The van der Waals surface area contributed by atoms with Crippen LogP contribution < -0.4 is 5.43 Å². The molecular formula is C17H16N4O. The molecule has 22 heavy (non-hydrogen) atoms. The molecule has 5 nitrogen and oxygen atoms in total. The molecule has 1 aliphatic heterocycles. The van der Waals surface area contributed by atoms with E-state index in [1.54, 1.807) is 12.4 Å². The van der Waals surface area contributed by atoms with Gasteiger partial charge in [-0.15, -0.1) is 0 Å². The van der Waals surface area contributed by atoms with Gasteiger partial charge in [-0.3, -0.25) is 4.98 Å². The van der Waals surface area contributed by atoms with Gasteiger partial charge in [0.15, 0.2) is 5.58 Å². The van der Waals surface area contributed by atoms with Crippen molar-refractivity contribution in [2.45, 2.75) is 13.3 Å². The van der Waals surface area contributed by atoms with E-state index in [4.69, 9.17) is 4.42 Å². The molecule has 1 aliphatic rings. The second-order valence-corrected chi connectivity index (χ2v) is 5.54. The summed E-state index contributed by atoms with van der Waals surface area (Å²) in [6, 6.07) is 9.87. The molecule has 110 valence electrons. The van der Waals surface area contributed by atoms with E-state index < -0.39 is 0 Å². The number of benzene rings is 1. The smallest absolute Gasteiger partial charge is 0.228 e. The maximum Gasteiger partial charge on any atom is 0.228 e. The summed E-state index contributed by atoms with van der Waals surface area (Å²) in [6.07, 6.45) is 4.58. The number of fused-ring (bicyclic) bond motifs is 1. The molecule has 5 heteroatoms. The van der Waals surface area contributed by atoms with Gasteiger partial charge in [-0.05, 0) is 30.7 Å². The number of hydrogen-bond acceptors (Lipinski definition) is 5. The van der Waals surface area contributed by atoms with Crippen LogP contribution in [0.5, 0.6) is 0 Å². The number of oxazole rings is 1. The maximum atomic E-state index is 5.89. The van der Waals surface area contributed by atoms with Gasteiger partial charge in [0, 0.05) is 30.4 Å². The molecular weight excluding hydrogens is 276 g/mol. The number of nitrogens with one attached hydrogen (secondary N) is 1. The second-order valence-electron chi connectivity index (χ2n) is 5.54. The standard InChI is InChI=1S/C17H16N4O/c1-11-6-8-19-21-16(11)12-4-5-14-15(9-12)22-17(20-14)13-3-2-7-18-10-13/h2-5,7,9-11,19H,6,8H2,1H3. The van der Waals surface area contributed by atoms with Crippen LogP contribution in [-0.4, -0.2) is 22.2 Å². The summed E-state index contributed by atoms with van der Waals surface area (Å²) < 4.78 is 5.89. The van der Waals surface area contributed by atoms with Crippen molar-refractivity contribution in [1.29, 1.82) is 0 Å². The van der Waals surface area contributed by atoms with E-state index in [1.807, 2.05) is 24.3 Å². The Balaban J connectivity index is 1.77. The lowest BCUT2D eigenvalue weighted by atomic mass is 9.94. The first-order chi connectivity index (χ1) is 10.8. The molecule has 2 aromatic heterocycles. The minimum Gasteiger partial charge on any atom is -0.436 e. The average Bonchev–Trinajstić information content (AvgIpc) is 2.99. The van der Waals surface area contributed by atoms with Crippen LogP contribution in [0.3, 0.4) is 0 Å². The van der Waals surface area contributed by atoms with Crippen molar-refractivity contribution in [3.8, 4) is 11.5 Å². The van der Waals surface area contributed by atoms with Gasteiger partial charge in [0.1, 0.15) is 5.52 Å². The molecule has 0 radical (unpaired) electrons. The van der Waals surface area contributed by atoms with E-state index in [-0.39, 0.29) is 0 Å². The quantitative estimate of drug-likeness (QED) is 0.787.